The molecule has 2 aromatic heterocycles. The lowest BCUT2D eigenvalue weighted by atomic mass is 9.75. The number of hydrogen-bond donors (Lipinski definition) is 1. The van der Waals surface area contributed by atoms with Crippen molar-refractivity contribution in [1.29, 1.82) is 0 Å². The van der Waals surface area contributed by atoms with Crippen LogP contribution in [0, 0.1) is 18.3 Å². The normalized spacial score (nSPS) is 27.5. The van der Waals surface area contributed by atoms with Crippen LogP contribution in [0.4, 0.5) is 0 Å². The van der Waals surface area contributed by atoms with Gasteiger partial charge in [0.2, 0.25) is 0 Å². The van der Waals surface area contributed by atoms with Gasteiger partial charge >= 0.3 is 0 Å². The average Bonchev–Trinajstić information content (AvgIpc) is 2.93. The lowest BCUT2D eigenvalue weighted by molar-refractivity contribution is -0.0417. The van der Waals surface area contributed by atoms with E-state index in [1.165, 1.54) is 0 Å². The highest BCUT2D eigenvalue weighted by Crippen LogP contribution is 2.42. The van der Waals surface area contributed by atoms with Gasteiger partial charge in [0.25, 0.3) is 5.56 Å². The number of aliphatic hydroxyl groups is 1. The van der Waals surface area contributed by atoms with Gasteiger partial charge in [-0.3, -0.25) is 14.1 Å². The van der Waals surface area contributed by atoms with E-state index in [4.69, 9.17) is 4.74 Å². The molecule has 2 aliphatic heterocycles. The number of ether oxygens (including phenoxy) is 1. The number of likely N-dealkylation sites (tertiary alicyclic amines) is 1. The predicted octanol–water partition coefficient (Wildman–Crippen LogP) is 0.834. The summed E-state index contributed by atoms with van der Waals surface area (Å²) in [4.78, 5) is 19.4. The standard InChI is InChI=1S/C18H23N3O3/c1-13-3-2-4-16-19-15(7-17(23)21(13)16)9-20-8-14-10-24-6-5-18(14,11-20)12-22/h2-4,7,14,22H,5-6,8-12H2,1H3/t14-,18-/m1/s1. The van der Waals surface area contributed by atoms with Crippen LogP contribution in [0.15, 0.2) is 29.1 Å². The molecule has 2 aliphatic rings. The van der Waals surface area contributed by atoms with E-state index in [1.54, 1.807) is 10.5 Å². The average molecular weight is 329 g/mol. The second-order valence-electron chi connectivity index (χ2n) is 7.16. The van der Waals surface area contributed by atoms with Gasteiger partial charge in [-0.25, -0.2) is 4.98 Å². The molecule has 0 radical (unpaired) electrons. The third-order valence-electron chi connectivity index (χ3n) is 5.58. The van der Waals surface area contributed by atoms with Gasteiger partial charge in [-0.1, -0.05) is 6.07 Å². The molecule has 2 saturated heterocycles. The first-order valence-corrected chi connectivity index (χ1v) is 8.51. The first-order valence-electron chi connectivity index (χ1n) is 8.51. The molecule has 0 saturated carbocycles. The van der Waals surface area contributed by atoms with Crippen LogP contribution in [-0.4, -0.2) is 52.3 Å². The molecule has 2 atom stereocenters. The number of hydrogen-bond acceptors (Lipinski definition) is 5. The van der Waals surface area contributed by atoms with E-state index in [-0.39, 0.29) is 17.6 Å². The van der Waals surface area contributed by atoms with E-state index in [2.05, 4.69) is 9.88 Å². The summed E-state index contributed by atoms with van der Waals surface area (Å²) in [6.07, 6.45) is 0.900. The van der Waals surface area contributed by atoms with E-state index < -0.39 is 0 Å². The summed E-state index contributed by atoms with van der Waals surface area (Å²) in [5, 5.41) is 9.90. The minimum absolute atomic E-state index is 0.0371. The summed E-state index contributed by atoms with van der Waals surface area (Å²) in [7, 11) is 0. The van der Waals surface area contributed by atoms with E-state index >= 15 is 0 Å². The Balaban J connectivity index is 1.60. The molecule has 0 aliphatic carbocycles. The zero-order chi connectivity index (χ0) is 16.7. The Bertz CT molecular complexity index is 819. The van der Waals surface area contributed by atoms with Crippen molar-refractivity contribution < 1.29 is 9.84 Å². The molecule has 2 fully saturated rings. The number of aromatic nitrogens is 2. The maximum Gasteiger partial charge on any atom is 0.258 e. The zero-order valence-electron chi connectivity index (χ0n) is 13.9. The number of rotatable bonds is 3. The van der Waals surface area contributed by atoms with Crippen molar-refractivity contribution in [2.24, 2.45) is 11.3 Å². The largest absolute Gasteiger partial charge is 0.396 e. The summed E-state index contributed by atoms with van der Waals surface area (Å²) in [6.45, 7) is 5.90. The van der Waals surface area contributed by atoms with Crippen LogP contribution in [0.2, 0.25) is 0 Å². The van der Waals surface area contributed by atoms with Gasteiger partial charge in [0.15, 0.2) is 0 Å². The van der Waals surface area contributed by atoms with Gasteiger partial charge in [0.1, 0.15) is 5.65 Å². The number of fused-ring (bicyclic) bond motifs is 2. The molecule has 0 spiro atoms. The second-order valence-corrected chi connectivity index (χ2v) is 7.16. The molecule has 0 amide bonds. The van der Waals surface area contributed by atoms with Crippen molar-refractivity contribution in [1.82, 2.24) is 14.3 Å². The molecule has 1 N–H and O–H groups in total. The first-order chi connectivity index (χ1) is 11.6. The maximum absolute atomic E-state index is 12.4. The van der Waals surface area contributed by atoms with Crippen LogP contribution >= 0.6 is 0 Å². The summed E-state index contributed by atoms with van der Waals surface area (Å²) in [6, 6.07) is 7.32. The molecular formula is C18H23N3O3. The monoisotopic (exact) mass is 329 g/mol. The number of pyridine rings is 1. The van der Waals surface area contributed by atoms with Gasteiger partial charge in [-0.2, -0.15) is 0 Å². The van der Waals surface area contributed by atoms with Crippen LogP contribution < -0.4 is 5.56 Å². The third-order valence-corrected chi connectivity index (χ3v) is 5.58. The Labute approximate surface area is 140 Å². The van der Waals surface area contributed by atoms with Crippen LogP contribution in [0.5, 0.6) is 0 Å². The van der Waals surface area contributed by atoms with Gasteiger partial charge in [-0.15, -0.1) is 0 Å². The van der Waals surface area contributed by atoms with Crippen molar-refractivity contribution in [3.63, 3.8) is 0 Å². The van der Waals surface area contributed by atoms with Crippen LogP contribution in [0.1, 0.15) is 17.8 Å². The van der Waals surface area contributed by atoms with Gasteiger partial charge in [-0.05, 0) is 25.5 Å². The fourth-order valence-electron chi connectivity index (χ4n) is 4.21. The van der Waals surface area contributed by atoms with Crippen LogP contribution in [-0.2, 0) is 11.3 Å². The molecule has 0 bridgehead atoms. The Hall–Kier alpha value is -1.76. The van der Waals surface area contributed by atoms with Gasteiger partial charge in [0, 0.05) is 49.3 Å². The third kappa shape index (κ3) is 2.55. The van der Waals surface area contributed by atoms with Crippen LogP contribution in [0.25, 0.3) is 5.65 Å². The Morgan fingerprint density at radius 2 is 2.33 bits per heavy atom. The van der Waals surface area contributed by atoms with Crippen molar-refractivity contribution in [2.45, 2.75) is 19.9 Å². The van der Waals surface area contributed by atoms with E-state index in [1.807, 2.05) is 25.1 Å². The zero-order valence-corrected chi connectivity index (χ0v) is 13.9. The molecule has 24 heavy (non-hydrogen) atoms. The van der Waals surface area contributed by atoms with Crippen molar-refractivity contribution in [2.75, 3.05) is 32.9 Å². The molecule has 2 aromatic rings. The maximum atomic E-state index is 12.4. The number of nitrogens with zero attached hydrogens (tertiary/aromatic N) is 3. The van der Waals surface area contributed by atoms with E-state index in [0.29, 0.717) is 24.7 Å². The van der Waals surface area contributed by atoms with Crippen molar-refractivity contribution in [3.8, 4) is 0 Å². The summed E-state index contributed by atoms with van der Waals surface area (Å²) in [5.74, 6) is 0.361. The molecule has 0 unspecified atom stereocenters. The van der Waals surface area contributed by atoms with E-state index in [0.717, 1.165) is 37.5 Å². The molecule has 4 heterocycles. The van der Waals surface area contributed by atoms with E-state index in [9.17, 15) is 9.90 Å². The summed E-state index contributed by atoms with van der Waals surface area (Å²) < 4.78 is 7.23. The Morgan fingerprint density at radius 3 is 3.12 bits per heavy atom. The Morgan fingerprint density at radius 1 is 1.46 bits per heavy atom. The predicted molar refractivity (Wildman–Crippen MR) is 89.9 cm³/mol. The summed E-state index contributed by atoms with van der Waals surface area (Å²) in [5.41, 5.74) is 2.28. The Kier molecular flexibility index (Phi) is 3.90. The van der Waals surface area contributed by atoms with Crippen molar-refractivity contribution in [3.05, 3.63) is 46.0 Å². The van der Waals surface area contributed by atoms with Gasteiger partial charge < -0.3 is 9.84 Å². The fourth-order valence-corrected chi connectivity index (χ4v) is 4.21. The molecular weight excluding hydrogens is 306 g/mol. The highest BCUT2D eigenvalue weighted by Gasteiger charge is 2.47. The number of aryl methyl sites for hydroxylation is 1. The lowest BCUT2D eigenvalue weighted by Gasteiger charge is -2.36. The number of aliphatic hydroxyl groups excluding tert-OH is 1. The molecule has 6 nitrogen and oxygen atoms in total. The topological polar surface area (TPSA) is 67.1 Å². The smallest absolute Gasteiger partial charge is 0.258 e. The minimum atomic E-state index is -0.0548. The minimum Gasteiger partial charge on any atom is -0.396 e. The van der Waals surface area contributed by atoms with Gasteiger partial charge in [0.05, 0.1) is 18.9 Å². The SMILES string of the molecule is Cc1cccc2nc(CN3C[C@@H]4COCC[C@]4(CO)C3)cc(=O)n12. The first kappa shape index (κ1) is 15.7. The fraction of sp³-hybridized carbons (Fsp3) is 0.556. The summed E-state index contributed by atoms with van der Waals surface area (Å²) >= 11 is 0. The highest BCUT2D eigenvalue weighted by atomic mass is 16.5. The molecule has 0 aromatic carbocycles. The van der Waals surface area contributed by atoms with Crippen LogP contribution in [0.3, 0.4) is 0 Å². The second kappa shape index (κ2) is 5.95. The molecule has 6 heteroatoms. The van der Waals surface area contributed by atoms with Crippen molar-refractivity contribution >= 4 is 5.65 Å². The molecule has 4 rings (SSSR count). The lowest BCUT2D eigenvalue weighted by Crippen LogP contribution is -2.41. The molecule has 128 valence electrons. The quantitative estimate of drug-likeness (QED) is 0.904. The highest BCUT2D eigenvalue weighted by molar-refractivity contribution is 5.40.